The SMILES string of the molecule is COc1ccc(C2/C(=C(\O)c3ccc(OC)c(C(C)(C)C)c3)C(=O)C(=O)N2c2ccc(N(C)C)cc2)cc1OC. The van der Waals surface area contributed by atoms with Gasteiger partial charge in [0.25, 0.3) is 11.7 Å². The molecule has 0 radical (unpaired) electrons. The summed E-state index contributed by atoms with van der Waals surface area (Å²) >= 11 is 0. The predicted octanol–water partition coefficient (Wildman–Crippen LogP) is 5.70. The van der Waals surface area contributed by atoms with Gasteiger partial charge < -0.3 is 24.2 Å². The van der Waals surface area contributed by atoms with Crippen molar-refractivity contribution in [3.8, 4) is 17.2 Å². The Morgan fingerprint density at radius 3 is 1.98 bits per heavy atom. The van der Waals surface area contributed by atoms with E-state index in [1.165, 1.54) is 19.1 Å². The lowest BCUT2D eigenvalue weighted by molar-refractivity contribution is -0.132. The van der Waals surface area contributed by atoms with Crippen LogP contribution in [0.15, 0.2) is 66.2 Å². The van der Waals surface area contributed by atoms with Crippen LogP contribution < -0.4 is 24.0 Å². The van der Waals surface area contributed by atoms with Gasteiger partial charge in [0.2, 0.25) is 0 Å². The number of benzene rings is 3. The van der Waals surface area contributed by atoms with Gasteiger partial charge in [0.1, 0.15) is 11.5 Å². The summed E-state index contributed by atoms with van der Waals surface area (Å²) in [6.07, 6.45) is 0. The fraction of sp³-hybridized carbons (Fsp3) is 0.312. The molecule has 210 valence electrons. The van der Waals surface area contributed by atoms with E-state index in [4.69, 9.17) is 14.2 Å². The highest BCUT2D eigenvalue weighted by molar-refractivity contribution is 6.51. The van der Waals surface area contributed by atoms with E-state index >= 15 is 0 Å². The zero-order chi connectivity index (χ0) is 29.4. The van der Waals surface area contributed by atoms with Crippen LogP contribution in [-0.4, -0.2) is 52.2 Å². The van der Waals surface area contributed by atoms with Crippen LogP contribution in [0.25, 0.3) is 5.76 Å². The molecule has 8 heteroatoms. The molecule has 1 amide bonds. The smallest absolute Gasteiger partial charge is 0.300 e. The maximum absolute atomic E-state index is 13.6. The Morgan fingerprint density at radius 2 is 1.43 bits per heavy atom. The molecule has 0 aromatic heterocycles. The fourth-order valence-corrected chi connectivity index (χ4v) is 4.95. The van der Waals surface area contributed by atoms with E-state index in [9.17, 15) is 14.7 Å². The number of carbonyl (C=O) groups is 2. The molecule has 4 rings (SSSR count). The summed E-state index contributed by atoms with van der Waals surface area (Å²) in [4.78, 5) is 30.6. The average molecular weight is 545 g/mol. The Kier molecular flexibility index (Phi) is 7.82. The molecule has 1 heterocycles. The molecule has 3 aromatic carbocycles. The molecule has 0 aliphatic carbocycles. The van der Waals surface area contributed by atoms with E-state index in [0.29, 0.717) is 34.1 Å². The van der Waals surface area contributed by atoms with E-state index in [1.54, 1.807) is 55.6 Å². The third-order valence-corrected chi connectivity index (χ3v) is 7.09. The van der Waals surface area contributed by atoms with Gasteiger partial charge in [-0.3, -0.25) is 14.5 Å². The predicted molar refractivity (Wildman–Crippen MR) is 157 cm³/mol. The maximum Gasteiger partial charge on any atom is 0.300 e. The van der Waals surface area contributed by atoms with Crippen molar-refractivity contribution in [2.45, 2.75) is 32.2 Å². The number of carbonyl (C=O) groups excluding carboxylic acids is 2. The second-order valence-corrected chi connectivity index (χ2v) is 10.9. The van der Waals surface area contributed by atoms with Gasteiger partial charge in [-0.1, -0.05) is 26.8 Å². The topological polar surface area (TPSA) is 88.5 Å². The lowest BCUT2D eigenvalue weighted by atomic mass is 9.84. The zero-order valence-corrected chi connectivity index (χ0v) is 24.2. The number of hydrogen-bond donors (Lipinski definition) is 1. The van der Waals surface area contributed by atoms with E-state index < -0.39 is 17.7 Å². The molecule has 0 bridgehead atoms. The largest absolute Gasteiger partial charge is 0.507 e. The highest BCUT2D eigenvalue weighted by atomic mass is 16.5. The second kappa shape index (κ2) is 11.0. The van der Waals surface area contributed by atoms with Crippen molar-refractivity contribution in [3.63, 3.8) is 0 Å². The van der Waals surface area contributed by atoms with Gasteiger partial charge in [-0.2, -0.15) is 0 Å². The average Bonchev–Trinajstić information content (AvgIpc) is 3.21. The van der Waals surface area contributed by atoms with Crippen LogP contribution in [0.4, 0.5) is 11.4 Å². The van der Waals surface area contributed by atoms with Crippen LogP contribution in [0.5, 0.6) is 17.2 Å². The molecule has 8 nitrogen and oxygen atoms in total. The minimum atomic E-state index is -0.912. The summed E-state index contributed by atoms with van der Waals surface area (Å²) in [6, 6.07) is 16.9. The van der Waals surface area contributed by atoms with Gasteiger partial charge in [0, 0.05) is 36.6 Å². The highest BCUT2D eigenvalue weighted by Crippen LogP contribution is 2.45. The van der Waals surface area contributed by atoms with Crippen molar-refractivity contribution in [2.24, 2.45) is 0 Å². The molecule has 0 saturated carbocycles. The van der Waals surface area contributed by atoms with Crippen LogP contribution in [0.2, 0.25) is 0 Å². The van der Waals surface area contributed by atoms with Crippen LogP contribution in [0.1, 0.15) is 43.5 Å². The summed E-state index contributed by atoms with van der Waals surface area (Å²) in [6.45, 7) is 6.11. The van der Waals surface area contributed by atoms with Crippen LogP contribution in [0, 0.1) is 0 Å². The van der Waals surface area contributed by atoms with Crippen LogP contribution in [0.3, 0.4) is 0 Å². The quantitative estimate of drug-likeness (QED) is 0.232. The third-order valence-electron chi connectivity index (χ3n) is 7.09. The lowest BCUT2D eigenvalue weighted by Crippen LogP contribution is -2.29. The first-order valence-corrected chi connectivity index (χ1v) is 12.9. The molecule has 1 unspecified atom stereocenters. The number of aliphatic hydroxyl groups is 1. The number of hydrogen-bond acceptors (Lipinski definition) is 7. The molecule has 1 saturated heterocycles. The Balaban J connectivity index is 1.97. The molecule has 40 heavy (non-hydrogen) atoms. The van der Waals surface area contributed by atoms with Gasteiger partial charge in [-0.25, -0.2) is 0 Å². The summed E-state index contributed by atoms with van der Waals surface area (Å²) in [7, 11) is 8.49. The minimum absolute atomic E-state index is 0.0149. The molecule has 3 aromatic rings. The molecule has 1 fully saturated rings. The molecule has 0 spiro atoms. The molecule has 1 aliphatic rings. The van der Waals surface area contributed by atoms with E-state index in [1.807, 2.05) is 51.9 Å². The van der Waals surface area contributed by atoms with E-state index in [-0.39, 0.29) is 16.7 Å². The van der Waals surface area contributed by atoms with E-state index in [0.717, 1.165) is 11.3 Å². The normalized spacial score (nSPS) is 16.7. The van der Waals surface area contributed by atoms with Crippen molar-refractivity contribution in [1.29, 1.82) is 0 Å². The summed E-state index contributed by atoms with van der Waals surface area (Å²) < 4.78 is 16.5. The van der Waals surface area contributed by atoms with Crippen molar-refractivity contribution in [1.82, 2.24) is 0 Å². The molecule has 1 aliphatic heterocycles. The van der Waals surface area contributed by atoms with Crippen molar-refractivity contribution < 1.29 is 28.9 Å². The Bertz CT molecular complexity index is 1470. The first-order chi connectivity index (χ1) is 18.9. The second-order valence-electron chi connectivity index (χ2n) is 10.9. The number of anilines is 2. The van der Waals surface area contributed by atoms with Crippen molar-refractivity contribution >= 4 is 28.8 Å². The minimum Gasteiger partial charge on any atom is -0.507 e. The Labute approximate surface area is 235 Å². The van der Waals surface area contributed by atoms with Crippen LogP contribution in [-0.2, 0) is 15.0 Å². The lowest BCUT2D eigenvalue weighted by Gasteiger charge is -2.27. The first-order valence-electron chi connectivity index (χ1n) is 12.9. The first kappa shape index (κ1) is 28.5. The third kappa shape index (κ3) is 5.09. The standard InChI is InChI=1S/C32H36N2O6/c1-32(2,3)23-17-20(10-15-24(23)38-6)29(35)27-28(19-9-16-25(39-7)26(18-19)40-8)34(31(37)30(27)36)22-13-11-21(12-14-22)33(4)5/h9-18,28,35H,1-8H3/b29-27+. The number of nitrogens with zero attached hydrogens (tertiary/aromatic N) is 2. The highest BCUT2D eigenvalue weighted by Gasteiger charge is 2.47. The Morgan fingerprint density at radius 1 is 0.825 bits per heavy atom. The Hall–Kier alpha value is -4.46. The molecule has 1 atom stereocenters. The monoisotopic (exact) mass is 544 g/mol. The van der Waals surface area contributed by atoms with Gasteiger partial charge in [-0.05, 0) is 65.6 Å². The molecule has 1 N–H and O–H groups in total. The number of ether oxygens (including phenoxy) is 3. The number of amides is 1. The van der Waals surface area contributed by atoms with Gasteiger partial charge >= 0.3 is 0 Å². The summed E-state index contributed by atoms with van der Waals surface area (Å²) in [5, 5.41) is 11.7. The summed E-state index contributed by atoms with van der Waals surface area (Å²) in [5.41, 5.74) is 3.00. The maximum atomic E-state index is 13.6. The number of rotatable bonds is 7. The van der Waals surface area contributed by atoms with Crippen molar-refractivity contribution in [3.05, 3.63) is 82.9 Å². The van der Waals surface area contributed by atoms with Crippen LogP contribution >= 0.6 is 0 Å². The number of ketones is 1. The zero-order valence-electron chi connectivity index (χ0n) is 24.2. The number of methoxy groups -OCH3 is 3. The summed E-state index contributed by atoms with van der Waals surface area (Å²) in [5.74, 6) is -0.164. The molecular formula is C32H36N2O6. The fourth-order valence-electron chi connectivity index (χ4n) is 4.95. The number of Topliss-reactive ketones (excluding diaryl/α,β-unsaturated/α-hetero) is 1. The van der Waals surface area contributed by atoms with Gasteiger partial charge in [-0.15, -0.1) is 0 Å². The van der Waals surface area contributed by atoms with E-state index in [2.05, 4.69) is 0 Å². The van der Waals surface area contributed by atoms with Crippen molar-refractivity contribution in [2.75, 3.05) is 45.2 Å². The van der Waals surface area contributed by atoms with Gasteiger partial charge in [0.15, 0.2) is 11.5 Å². The van der Waals surface area contributed by atoms with Gasteiger partial charge in [0.05, 0.1) is 32.9 Å². The molecular weight excluding hydrogens is 508 g/mol. The number of aliphatic hydroxyl groups excluding tert-OH is 1.